The Morgan fingerprint density at radius 1 is 1.12 bits per heavy atom. The van der Waals surface area contributed by atoms with Crippen LogP contribution in [0.25, 0.3) is 16.5 Å². The predicted octanol–water partition coefficient (Wildman–Crippen LogP) is 3.36. The van der Waals surface area contributed by atoms with E-state index in [9.17, 15) is 0 Å². The molecule has 16 heavy (non-hydrogen) atoms. The van der Waals surface area contributed by atoms with Gasteiger partial charge >= 0.3 is 0 Å². The number of aromatic nitrogens is 2. The van der Waals surface area contributed by atoms with Crippen LogP contribution in [0.15, 0.2) is 48.7 Å². The Bertz CT molecular complexity index is 582. The highest BCUT2D eigenvalue weighted by atomic mass is 14.9. The summed E-state index contributed by atoms with van der Waals surface area (Å²) < 4.78 is 0. The summed E-state index contributed by atoms with van der Waals surface area (Å²) in [4.78, 5) is 9.00. The van der Waals surface area contributed by atoms with Crippen molar-refractivity contribution in [2.45, 2.75) is 12.8 Å². The summed E-state index contributed by atoms with van der Waals surface area (Å²) in [7, 11) is 0. The fraction of sp³-hybridized carbons (Fsp3) is 0.143. The van der Waals surface area contributed by atoms with Crippen molar-refractivity contribution in [1.29, 1.82) is 0 Å². The molecule has 78 valence electrons. The molecular weight excluding hydrogens is 196 g/mol. The zero-order valence-corrected chi connectivity index (χ0v) is 8.93. The summed E-state index contributed by atoms with van der Waals surface area (Å²) in [6.07, 6.45) is 10.4. The predicted molar refractivity (Wildman–Crippen MR) is 65.9 cm³/mol. The maximum Gasteiger partial charge on any atom is 0.155 e. The molecule has 2 heteroatoms. The van der Waals surface area contributed by atoms with Gasteiger partial charge in [-0.05, 0) is 24.5 Å². The molecular formula is C14H12N2. The van der Waals surface area contributed by atoms with Gasteiger partial charge in [-0.2, -0.15) is 0 Å². The fourth-order valence-corrected chi connectivity index (χ4v) is 1.92. The first-order valence-electron chi connectivity index (χ1n) is 5.51. The van der Waals surface area contributed by atoms with Crippen molar-refractivity contribution in [2.24, 2.45) is 0 Å². The molecule has 0 aliphatic heterocycles. The summed E-state index contributed by atoms with van der Waals surface area (Å²) in [6.45, 7) is 0. The lowest BCUT2D eigenvalue weighted by atomic mass is 10.0. The number of para-hydroxylation sites is 1. The van der Waals surface area contributed by atoms with Crippen LogP contribution in [-0.2, 0) is 0 Å². The molecule has 0 bridgehead atoms. The van der Waals surface area contributed by atoms with Gasteiger partial charge in [-0.3, -0.25) is 0 Å². The van der Waals surface area contributed by atoms with Gasteiger partial charge in [0.25, 0.3) is 0 Å². The van der Waals surface area contributed by atoms with E-state index in [0.717, 1.165) is 29.6 Å². The van der Waals surface area contributed by atoms with E-state index in [4.69, 9.17) is 0 Å². The first-order valence-corrected chi connectivity index (χ1v) is 5.51. The summed E-state index contributed by atoms with van der Waals surface area (Å²) in [5.74, 6) is 0.864. The van der Waals surface area contributed by atoms with Crippen LogP contribution < -0.4 is 0 Å². The van der Waals surface area contributed by atoms with Crippen LogP contribution in [-0.4, -0.2) is 9.97 Å². The SMILES string of the molecule is C1=CCCC(c2ncc3ccccc3n2)=C1. The molecule has 2 aromatic rings. The lowest BCUT2D eigenvalue weighted by Crippen LogP contribution is -1.96. The molecule has 0 amide bonds. The highest BCUT2D eigenvalue weighted by Gasteiger charge is 2.06. The van der Waals surface area contributed by atoms with E-state index in [0.29, 0.717) is 0 Å². The second kappa shape index (κ2) is 3.89. The Balaban J connectivity index is 2.11. The van der Waals surface area contributed by atoms with Crippen LogP contribution in [0.1, 0.15) is 18.7 Å². The van der Waals surface area contributed by atoms with Gasteiger partial charge in [-0.15, -0.1) is 0 Å². The van der Waals surface area contributed by atoms with Crippen molar-refractivity contribution < 1.29 is 0 Å². The minimum absolute atomic E-state index is 0.864. The van der Waals surface area contributed by atoms with Gasteiger partial charge in [0.15, 0.2) is 5.82 Å². The number of nitrogens with zero attached hydrogens (tertiary/aromatic N) is 2. The van der Waals surface area contributed by atoms with E-state index >= 15 is 0 Å². The molecule has 1 aliphatic carbocycles. The number of fused-ring (bicyclic) bond motifs is 1. The molecule has 1 heterocycles. The Hall–Kier alpha value is -1.96. The Kier molecular flexibility index (Phi) is 2.26. The quantitative estimate of drug-likeness (QED) is 0.718. The fourth-order valence-electron chi connectivity index (χ4n) is 1.92. The van der Waals surface area contributed by atoms with E-state index in [-0.39, 0.29) is 0 Å². The summed E-state index contributed by atoms with van der Waals surface area (Å²) in [5, 5.41) is 1.10. The molecule has 3 rings (SSSR count). The zero-order valence-electron chi connectivity index (χ0n) is 8.93. The molecule has 1 aliphatic rings. The topological polar surface area (TPSA) is 25.8 Å². The highest BCUT2D eigenvalue weighted by Crippen LogP contribution is 2.21. The maximum atomic E-state index is 4.59. The molecule has 0 fully saturated rings. The van der Waals surface area contributed by atoms with Gasteiger partial charge in [0.05, 0.1) is 5.52 Å². The van der Waals surface area contributed by atoms with Gasteiger partial charge in [-0.1, -0.05) is 36.4 Å². The van der Waals surface area contributed by atoms with Gasteiger partial charge in [0, 0.05) is 11.6 Å². The number of benzene rings is 1. The molecule has 0 saturated carbocycles. The van der Waals surface area contributed by atoms with Gasteiger partial charge < -0.3 is 0 Å². The van der Waals surface area contributed by atoms with E-state index in [2.05, 4.69) is 28.2 Å². The van der Waals surface area contributed by atoms with E-state index in [1.807, 2.05) is 30.5 Å². The lowest BCUT2D eigenvalue weighted by Gasteiger charge is -2.07. The molecule has 0 spiro atoms. The summed E-state index contributed by atoms with van der Waals surface area (Å²) >= 11 is 0. The Labute approximate surface area is 94.4 Å². The van der Waals surface area contributed by atoms with Crippen LogP contribution in [0.5, 0.6) is 0 Å². The maximum absolute atomic E-state index is 4.59. The standard InChI is InChI=1S/C14H12N2/c1-2-6-11(7-3-1)14-15-10-12-8-4-5-9-13(12)16-14/h1-2,4-6,8-10H,3,7H2. The van der Waals surface area contributed by atoms with Crippen LogP contribution in [0.3, 0.4) is 0 Å². The lowest BCUT2D eigenvalue weighted by molar-refractivity contribution is 1.01. The number of rotatable bonds is 1. The monoisotopic (exact) mass is 208 g/mol. The molecule has 2 nitrogen and oxygen atoms in total. The molecule has 1 aromatic heterocycles. The summed E-state index contributed by atoms with van der Waals surface area (Å²) in [5.41, 5.74) is 2.25. The number of allylic oxidation sites excluding steroid dienone is 4. The molecule has 0 atom stereocenters. The number of hydrogen-bond acceptors (Lipinski definition) is 2. The first kappa shape index (κ1) is 9.28. The van der Waals surface area contributed by atoms with Crippen LogP contribution >= 0.6 is 0 Å². The third-order valence-corrected chi connectivity index (χ3v) is 2.79. The van der Waals surface area contributed by atoms with Crippen LogP contribution in [0.4, 0.5) is 0 Å². The Morgan fingerprint density at radius 3 is 2.94 bits per heavy atom. The zero-order chi connectivity index (χ0) is 10.8. The number of hydrogen-bond donors (Lipinski definition) is 0. The van der Waals surface area contributed by atoms with E-state index < -0.39 is 0 Å². The van der Waals surface area contributed by atoms with Crippen molar-refractivity contribution in [3.63, 3.8) is 0 Å². The average Bonchev–Trinajstić information content (AvgIpc) is 2.39. The smallest absolute Gasteiger partial charge is 0.155 e. The molecule has 0 saturated heterocycles. The molecule has 0 radical (unpaired) electrons. The van der Waals surface area contributed by atoms with Crippen LogP contribution in [0, 0.1) is 0 Å². The largest absolute Gasteiger partial charge is 0.236 e. The Morgan fingerprint density at radius 2 is 2.06 bits per heavy atom. The van der Waals surface area contributed by atoms with Crippen LogP contribution in [0.2, 0.25) is 0 Å². The highest BCUT2D eigenvalue weighted by molar-refractivity contribution is 5.79. The third kappa shape index (κ3) is 1.63. The second-order valence-electron chi connectivity index (χ2n) is 3.91. The van der Waals surface area contributed by atoms with Gasteiger partial charge in [0.2, 0.25) is 0 Å². The van der Waals surface area contributed by atoms with Crippen molar-refractivity contribution in [2.75, 3.05) is 0 Å². The van der Waals surface area contributed by atoms with Gasteiger partial charge in [-0.25, -0.2) is 9.97 Å². The normalized spacial score (nSPS) is 15.1. The van der Waals surface area contributed by atoms with Crippen molar-refractivity contribution >= 4 is 16.5 Å². The average molecular weight is 208 g/mol. The first-order chi connectivity index (χ1) is 7.93. The molecule has 0 unspecified atom stereocenters. The van der Waals surface area contributed by atoms with Crippen molar-refractivity contribution in [1.82, 2.24) is 9.97 Å². The minimum atomic E-state index is 0.864. The molecule has 1 aromatic carbocycles. The third-order valence-electron chi connectivity index (χ3n) is 2.79. The summed E-state index contributed by atoms with van der Waals surface area (Å²) in [6, 6.07) is 8.08. The minimum Gasteiger partial charge on any atom is -0.236 e. The van der Waals surface area contributed by atoms with E-state index in [1.54, 1.807) is 0 Å². The second-order valence-corrected chi connectivity index (χ2v) is 3.91. The van der Waals surface area contributed by atoms with Crippen molar-refractivity contribution in [3.05, 3.63) is 54.5 Å². The molecule has 0 N–H and O–H groups in total. The van der Waals surface area contributed by atoms with Gasteiger partial charge in [0.1, 0.15) is 0 Å². The van der Waals surface area contributed by atoms with Crippen molar-refractivity contribution in [3.8, 4) is 0 Å². The van der Waals surface area contributed by atoms with E-state index in [1.165, 1.54) is 5.57 Å².